The lowest BCUT2D eigenvalue weighted by Gasteiger charge is -2.24. The van der Waals surface area contributed by atoms with Crippen LogP contribution >= 0.6 is 0 Å². The van der Waals surface area contributed by atoms with Crippen LogP contribution in [0.4, 0.5) is 4.79 Å². The van der Waals surface area contributed by atoms with Gasteiger partial charge in [-0.05, 0) is 48.4 Å². The average molecular weight is 695 g/mol. The van der Waals surface area contributed by atoms with Gasteiger partial charge in [-0.1, -0.05) is 91.0 Å². The molecule has 4 atom stereocenters. The van der Waals surface area contributed by atoms with Crippen LogP contribution in [0.5, 0.6) is 0 Å². The van der Waals surface area contributed by atoms with Crippen molar-refractivity contribution in [2.75, 3.05) is 13.2 Å². The first kappa shape index (κ1) is 38.1. The fraction of sp³-hybridized carbons (Fsp3) is 0.300. The van der Waals surface area contributed by atoms with Crippen molar-refractivity contribution >= 4 is 34.8 Å². The van der Waals surface area contributed by atoms with Gasteiger partial charge in [0.1, 0.15) is 19.3 Å². The van der Waals surface area contributed by atoms with Gasteiger partial charge < -0.3 is 35.5 Å². The number of para-hydroxylation sites is 1. The van der Waals surface area contributed by atoms with Crippen molar-refractivity contribution in [1.29, 1.82) is 0 Å². The molecule has 1 aromatic heterocycles. The maximum absolute atomic E-state index is 13.7. The molecule has 0 bridgehead atoms. The first-order chi connectivity index (χ1) is 24.8. The van der Waals surface area contributed by atoms with Crippen LogP contribution in [0.1, 0.15) is 36.0 Å². The zero-order valence-corrected chi connectivity index (χ0v) is 28.6. The Hall–Kier alpha value is -5.68. The number of aliphatic hydroxyl groups is 1. The number of allylic oxidation sites excluding steroid dienone is 1. The molecule has 0 saturated carbocycles. The van der Waals surface area contributed by atoms with Crippen LogP contribution in [-0.2, 0) is 43.3 Å². The largest absolute Gasteiger partial charge is 0.462 e. The van der Waals surface area contributed by atoms with Gasteiger partial charge in [0.25, 0.3) is 0 Å². The lowest BCUT2D eigenvalue weighted by atomic mass is 9.97. The highest BCUT2D eigenvalue weighted by Crippen LogP contribution is 2.20. The molecule has 0 unspecified atom stereocenters. The van der Waals surface area contributed by atoms with E-state index in [1.165, 1.54) is 6.08 Å². The number of ether oxygens (including phenoxy) is 2. The zero-order valence-electron chi connectivity index (χ0n) is 28.6. The molecule has 5 N–H and O–H groups in total. The molecule has 11 heteroatoms. The molecule has 0 spiro atoms. The van der Waals surface area contributed by atoms with Crippen molar-refractivity contribution in [3.05, 3.63) is 133 Å². The van der Waals surface area contributed by atoms with Gasteiger partial charge in [-0.2, -0.15) is 0 Å². The number of benzene rings is 3. The van der Waals surface area contributed by atoms with Crippen LogP contribution in [0.25, 0.3) is 10.9 Å². The zero-order chi connectivity index (χ0) is 36.4. The van der Waals surface area contributed by atoms with Crippen molar-refractivity contribution in [3.8, 4) is 0 Å². The predicted molar refractivity (Wildman–Crippen MR) is 195 cm³/mol. The third-order valence-electron chi connectivity index (χ3n) is 8.27. The molecule has 0 aliphatic heterocycles. The van der Waals surface area contributed by atoms with Gasteiger partial charge in [0.2, 0.25) is 11.8 Å². The minimum absolute atomic E-state index is 0.0266. The summed E-state index contributed by atoms with van der Waals surface area (Å²) in [5.41, 5.74) is 3.55. The quantitative estimate of drug-likeness (QED) is 0.0650. The molecule has 4 aromatic rings. The van der Waals surface area contributed by atoms with E-state index in [-0.39, 0.29) is 45.0 Å². The third-order valence-corrected chi connectivity index (χ3v) is 8.27. The molecule has 11 nitrogen and oxygen atoms in total. The molecule has 0 radical (unpaired) electrons. The van der Waals surface area contributed by atoms with E-state index in [0.29, 0.717) is 12.8 Å². The predicted octanol–water partition coefficient (Wildman–Crippen LogP) is 4.91. The van der Waals surface area contributed by atoms with E-state index in [1.54, 1.807) is 6.08 Å². The van der Waals surface area contributed by atoms with Crippen molar-refractivity contribution in [1.82, 2.24) is 20.9 Å². The number of rotatable bonds is 20. The summed E-state index contributed by atoms with van der Waals surface area (Å²) < 4.78 is 11.0. The van der Waals surface area contributed by atoms with Gasteiger partial charge in [0.15, 0.2) is 0 Å². The number of nitrogens with one attached hydrogen (secondary N) is 4. The summed E-state index contributed by atoms with van der Waals surface area (Å²) in [7, 11) is 0. The summed E-state index contributed by atoms with van der Waals surface area (Å²) in [6.45, 7) is 7.01. The SMILES string of the molecule is C=CC[C@@H](CC(=O)N[C@@H](CO)Cc1ccccc1)C(=O)N[C@H](COC(=O)[C@@H](CC=C)NC(=O)OCc1ccccc1)Cc1c[nH]c2ccccc12. The van der Waals surface area contributed by atoms with Crippen molar-refractivity contribution < 1.29 is 33.8 Å². The summed E-state index contributed by atoms with van der Waals surface area (Å²) in [6, 6.07) is 24.1. The lowest BCUT2D eigenvalue weighted by Crippen LogP contribution is -2.47. The Morgan fingerprint density at radius 1 is 0.765 bits per heavy atom. The molecular formula is C40H46N4O7. The van der Waals surface area contributed by atoms with Crippen LogP contribution in [0.15, 0.2) is 116 Å². The highest BCUT2D eigenvalue weighted by Gasteiger charge is 2.28. The Bertz CT molecular complexity index is 1740. The molecule has 0 aliphatic rings. The second-order valence-corrected chi connectivity index (χ2v) is 12.2. The maximum atomic E-state index is 13.7. The van der Waals surface area contributed by atoms with E-state index < -0.39 is 42.0 Å². The van der Waals surface area contributed by atoms with Crippen LogP contribution in [0.2, 0.25) is 0 Å². The summed E-state index contributed by atoms with van der Waals surface area (Å²) in [5.74, 6) is -2.29. The van der Waals surface area contributed by atoms with Crippen molar-refractivity contribution in [2.24, 2.45) is 5.92 Å². The fourth-order valence-corrected chi connectivity index (χ4v) is 5.66. The Labute approximate surface area is 298 Å². The molecular weight excluding hydrogens is 648 g/mol. The van der Waals surface area contributed by atoms with E-state index >= 15 is 0 Å². The van der Waals surface area contributed by atoms with E-state index in [0.717, 1.165) is 27.6 Å². The third kappa shape index (κ3) is 12.3. The Morgan fingerprint density at radius 2 is 1.43 bits per heavy atom. The molecule has 268 valence electrons. The number of carbonyl (C=O) groups is 4. The fourth-order valence-electron chi connectivity index (χ4n) is 5.66. The molecule has 4 rings (SSSR count). The number of fused-ring (bicyclic) bond motifs is 1. The number of alkyl carbamates (subject to hydrolysis) is 1. The highest BCUT2D eigenvalue weighted by molar-refractivity contribution is 5.87. The van der Waals surface area contributed by atoms with Crippen LogP contribution in [0, 0.1) is 5.92 Å². The normalized spacial score (nSPS) is 13.2. The Balaban J connectivity index is 1.42. The first-order valence-corrected chi connectivity index (χ1v) is 16.9. The van der Waals surface area contributed by atoms with Crippen LogP contribution < -0.4 is 16.0 Å². The Morgan fingerprint density at radius 3 is 2.12 bits per heavy atom. The highest BCUT2D eigenvalue weighted by atomic mass is 16.6. The number of carbonyl (C=O) groups excluding carboxylic acids is 4. The number of aromatic amines is 1. The topological polar surface area (TPSA) is 159 Å². The summed E-state index contributed by atoms with van der Waals surface area (Å²) in [6.07, 6.45) is 5.02. The molecule has 51 heavy (non-hydrogen) atoms. The van der Waals surface area contributed by atoms with Gasteiger partial charge in [-0.25, -0.2) is 9.59 Å². The summed E-state index contributed by atoms with van der Waals surface area (Å²) in [5, 5.41) is 19.2. The van der Waals surface area contributed by atoms with E-state index in [9.17, 15) is 24.3 Å². The second kappa shape index (κ2) is 20.1. The van der Waals surface area contributed by atoms with Crippen LogP contribution in [0.3, 0.4) is 0 Å². The van der Waals surface area contributed by atoms with E-state index in [1.807, 2.05) is 91.1 Å². The van der Waals surface area contributed by atoms with Crippen molar-refractivity contribution in [2.45, 2.75) is 56.8 Å². The first-order valence-electron chi connectivity index (χ1n) is 16.9. The summed E-state index contributed by atoms with van der Waals surface area (Å²) in [4.78, 5) is 55.8. The maximum Gasteiger partial charge on any atom is 0.408 e. The van der Waals surface area contributed by atoms with Crippen molar-refractivity contribution in [3.63, 3.8) is 0 Å². The number of hydrogen-bond acceptors (Lipinski definition) is 7. The standard InChI is InChI=1S/C40H46N4O7/c1-3-13-30(23-37(46)42-32(25-45)21-28-15-7-5-8-16-28)38(47)43-33(22-31-24-41-35-20-12-11-19-34(31)35)27-50-39(48)36(14-4-2)44-40(49)51-26-29-17-9-6-10-18-29/h3-12,15-20,24,30,32-33,36,41,45H,1-2,13-14,21-23,25-27H2,(H,42,46)(H,43,47)(H,44,49)/t30-,32+,33-,36+/m0/s1. The van der Waals surface area contributed by atoms with Gasteiger partial charge in [-0.15, -0.1) is 13.2 Å². The van der Waals surface area contributed by atoms with E-state index in [2.05, 4.69) is 34.1 Å². The van der Waals surface area contributed by atoms with Crippen LogP contribution in [-0.4, -0.2) is 65.3 Å². The van der Waals surface area contributed by atoms with Gasteiger partial charge in [0, 0.05) is 23.5 Å². The molecule has 1 heterocycles. The summed E-state index contributed by atoms with van der Waals surface area (Å²) >= 11 is 0. The second-order valence-electron chi connectivity index (χ2n) is 12.2. The number of aliphatic hydroxyl groups excluding tert-OH is 1. The molecule has 0 aliphatic carbocycles. The molecule has 0 saturated heterocycles. The average Bonchev–Trinajstić information content (AvgIpc) is 3.55. The molecule has 0 fully saturated rings. The Kier molecular flexibility index (Phi) is 15.0. The lowest BCUT2D eigenvalue weighted by molar-refractivity contribution is -0.147. The number of hydrogen-bond donors (Lipinski definition) is 5. The van der Waals surface area contributed by atoms with Gasteiger partial charge in [0.05, 0.1) is 24.6 Å². The minimum Gasteiger partial charge on any atom is -0.462 e. The monoisotopic (exact) mass is 694 g/mol. The van der Waals surface area contributed by atoms with E-state index in [4.69, 9.17) is 9.47 Å². The minimum atomic E-state index is -1.07. The van der Waals surface area contributed by atoms with Gasteiger partial charge in [-0.3, -0.25) is 9.59 Å². The number of esters is 1. The smallest absolute Gasteiger partial charge is 0.408 e. The number of aromatic nitrogens is 1. The molecule has 3 amide bonds. The number of amides is 3. The number of H-pyrrole nitrogens is 1. The van der Waals surface area contributed by atoms with Gasteiger partial charge >= 0.3 is 12.1 Å². The molecule has 3 aromatic carbocycles.